The lowest BCUT2D eigenvalue weighted by Crippen LogP contribution is -2.15. The number of methoxy groups -OCH3 is 1. The van der Waals surface area contributed by atoms with E-state index in [9.17, 15) is 4.79 Å². The Balaban J connectivity index is 2.13. The summed E-state index contributed by atoms with van der Waals surface area (Å²) in [5.41, 5.74) is 2.22. The third kappa shape index (κ3) is 3.88. The monoisotopic (exact) mass is 334 g/mol. The molecule has 0 fully saturated rings. The maximum atomic E-state index is 12.1. The summed E-state index contributed by atoms with van der Waals surface area (Å²) in [5.74, 6) is -0.220. The fourth-order valence-corrected chi connectivity index (χ4v) is 2.00. The molecule has 1 heterocycles. The van der Waals surface area contributed by atoms with Crippen LogP contribution in [0.3, 0.4) is 0 Å². The van der Waals surface area contributed by atoms with Crippen molar-refractivity contribution in [2.24, 2.45) is 0 Å². The molecule has 0 atom stereocenters. The van der Waals surface area contributed by atoms with Crippen LogP contribution >= 0.6 is 15.9 Å². The second-order valence-electron chi connectivity index (χ2n) is 4.22. The second-order valence-corrected chi connectivity index (χ2v) is 5.13. The molecular weight excluding hydrogens is 320 g/mol. The van der Waals surface area contributed by atoms with Gasteiger partial charge in [0, 0.05) is 23.5 Å². The first kappa shape index (κ1) is 14.7. The minimum atomic E-state index is -0.220. The summed E-state index contributed by atoms with van der Waals surface area (Å²) in [6.07, 6.45) is 2.35. The Labute approximate surface area is 126 Å². The number of anilines is 1. The Morgan fingerprint density at radius 2 is 2.10 bits per heavy atom. The topological polar surface area (TPSA) is 51.2 Å². The number of nitrogens with one attached hydrogen (secondary N) is 1. The van der Waals surface area contributed by atoms with E-state index >= 15 is 0 Å². The van der Waals surface area contributed by atoms with Gasteiger partial charge >= 0.3 is 0 Å². The predicted octanol–water partition coefficient (Wildman–Crippen LogP) is 3.29. The largest absolute Gasteiger partial charge is 0.384 e. The molecule has 1 aromatic carbocycles. The normalized spacial score (nSPS) is 10.3. The summed E-state index contributed by atoms with van der Waals surface area (Å²) in [5, 5.41) is 2.88. The molecule has 0 unspecified atom stereocenters. The summed E-state index contributed by atoms with van der Waals surface area (Å²) < 4.78 is 5.92. The van der Waals surface area contributed by atoms with E-state index < -0.39 is 0 Å². The molecule has 0 aliphatic carbocycles. The number of benzene rings is 1. The van der Waals surface area contributed by atoms with Gasteiger partial charge in [-0.05, 0) is 46.1 Å². The van der Waals surface area contributed by atoms with Gasteiger partial charge in [-0.25, -0.2) is 4.98 Å². The van der Waals surface area contributed by atoms with Crippen LogP contribution in [0.1, 0.15) is 16.1 Å². The highest BCUT2D eigenvalue weighted by Crippen LogP contribution is 2.17. The van der Waals surface area contributed by atoms with Gasteiger partial charge in [-0.3, -0.25) is 4.79 Å². The molecule has 2 aromatic rings. The van der Waals surface area contributed by atoms with Gasteiger partial charge in [0.15, 0.2) is 0 Å². The van der Waals surface area contributed by atoms with Gasteiger partial charge in [-0.2, -0.15) is 0 Å². The number of pyridine rings is 1. The second kappa shape index (κ2) is 7.17. The van der Waals surface area contributed by atoms with Crippen molar-refractivity contribution in [2.75, 3.05) is 19.0 Å². The van der Waals surface area contributed by atoms with Gasteiger partial charge in [-0.15, -0.1) is 0 Å². The van der Waals surface area contributed by atoms with Crippen molar-refractivity contribution in [3.8, 4) is 0 Å². The van der Waals surface area contributed by atoms with E-state index in [1.807, 2.05) is 24.3 Å². The molecule has 4 nitrogen and oxygen atoms in total. The third-order valence-electron chi connectivity index (χ3n) is 2.80. The lowest BCUT2D eigenvalue weighted by molar-refractivity contribution is 0.102. The maximum absolute atomic E-state index is 12.1. The van der Waals surface area contributed by atoms with Gasteiger partial charge in [0.2, 0.25) is 0 Å². The summed E-state index contributed by atoms with van der Waals surface area (Å²) in [4.78, 5) is 16.2. The summed E-state index contributed by atoms with van der Waals surface area (Å²) in [7, 11) is 1.66. The first-order valence-electron chi connectivity index (χ1n) is 6.20. The molecule has 0 radical (unpaired) electrons. The van der Waals surface area contributed by atoms with Gasteiger partial charge in [-0.1, -0.05) is 18.2 Å². The molecule has 0 aliphatic rings. The highest BCUT2D eigenvalue weighted by molar-refractivity contribution is 9.10. The SMILES string of the molecule is COCCc1ccccc1NC(=O)c1ccc(Br)cn1. The molecule has 0 saturated carbocycles. The van der Waals surface area contributed by atoms with Crippen molar-refractivity contribution in [1.29, 1.82) is 0 Å². The Morgan fingerprint density at radius 1 is 1.30 bits per heavy atom. The molecule has 1 amide bonds. The average Bonchev–Trinajstić information content (AvgIpc) is 2.47. The number of para-hydroxylation sites is 1. The number of rotatable bonds is 5. The average molecular weight is 335 g/mol. The highest BCUT2D eigenvalue weighted by atomic mass is 79.9. The Morgan fingerprint density at radius 3 is 2.80 bits per heavy atom. The lowest BCUT2D eigenvalue weighted by atomic mass is 10.1. The van der Waals surface area contributed by atoms with Crippen LogP contribution < -0.4 is 5.32 Å². The van der Waals surface area contributed by atoms with Crippen molar-refractivity contribution < 1.29 is 9.53 Å². The van der Waals surface area contributed by atoms with Crippen LogP contribution in [0.15, 0.2) is 47.1 Å². The number of hydrogen-bond acceptors (Lipinski definition) is 3. The molecular formula is C15H15BrN2O2. The molecule has 1 N–H and O–H groups in total. The molecule has 20 heavy (non-hydrogen) atoms. The molecule has 0 bridgehead atoms. The van der Waals surface area contributed by atoms with Crippen LogP contribution in [0, 0.1) is 0 Å². The Hall–Kier alpha value is -1.72. The van der Waals surface area contributed by atoms with Crippen LogP contribution in [0.5, 0.6) is 0 Å². The van der Waals surface area contributed by atoms with Crippen molar-refractivity contribution >= 4 is 27.5 Å². The minimum Gasteiger partial charge on any atom is -0.384 e. The zero-order valence-electron chi connectivity index (χ0n) is 11.1. The van der Waals surface area contributed by atoms with Gasteiger partial charge < -0.3 is 10.1 Å². The maximum Gasteiger partial charge on any atom is 0.274 e. The van der Waals surface area contributed by atoms with Gasteiger partial charge in [0.1, 0.15) is 5.69 Å². The molecule has 104 valence electrons. The standard InChI is InChI=1S/C15H15BrN2O2/c1-20-9-8-11-4-2-3-5-13(11)18-15(19)14-7-6-12(16)10-17-14/h2-7,10H,8-9H2,1H3,(H,18,19). The van der Waals surface area contributed by atoms with Crippen molar-refractivity contribution in [3.05, 3.63) is 58.3 Å². The van der Waals surface area contributed by atoms with Crippen LogP contribution in [0.4, 0.5) is 5.69 Å². The van der Waals surface area contributed by atoms with E-state index in [1.54, 1.807) is 25.4 Å². The fraction of sp³-hybridized carbons (Fsp3) is 0.200. The molecule has 5 heteroatoms. The van der Waals surface area contributed by atoms with Gasteiger partial charge in [0.25, 0.3) is 5.91 Å². The van der Waals surface area contributed by atoms with Crippen molar-refractivity contribution in [3.63, 3.8) is 0 Å². The summed E-state index contributed by atoms with van der Waals surface area (Å²) in [6.45, 7) is 0.615. The lowest BCUT2D eigenvalue weighted by Gasteiger charge is -2.10. The van der Waals surface area contributed by atoms with Crippen LogP contribution in [0.25, 0.3) is 0 Å². The minimum absolute atomic E-state index is 0.220. The first-order valence-corrected chi connectivity index (χ1v) is 7.00. The molecule has 0 spiro atoms. The molecule has 0 aliphatic heterocycles. The Bertz CT molecular complexity index is 585. The molecule has 0 saturated heterocycles. The van der Waals surface area contributed by atoms with Crippen LogP contribution in [0.2, 0.25) is 0 Å². The van der Waals surface area contributed by atoms with Crippen molar-refractivity contribution in [2.45, 2.75) is 6.42 Å². The number of hydrogen-bond donors (Lipinski definition) is 1. The number of carbonyl (C=O) groups is 1. The predicted molar refractivity (Wildman–Crippen MR) is 81.9 cm³/mol. The van der Waals surface area contributed by atoms with E-state index in [0.717, 1.165) is 22.1 Å². The fourth-order valence-electron chi connectivity index (χ4n) is 1.77. The Kier molecular flexibility index (Phi) is 5.26. The summed E-state index contributed by atoms with van der Waals surface area (Å²) in [6, 6.07) is 11.2. The zero-order valence-corrected chi connectivity index (χ0v) is 12.7. The number of ether oxygens (including phenoxy) is 1. The quantitative estimate of drug-likeness (QED) is 0.912. The van der Waals surface area contributed by atoms with Crippen LogP contribution in [-0.2, 0) is 11.2 Å². The van der Waals surface area contributed by atoms with Crippen LogP contribution in [-0.4, -0.2) is 24.6 Å². The smallest absolute Gasteiger partial charge is 0.274 e. The summed E-state index contributed by atoms with van der Waals surface area (Å²) >= 11 is 3.29. The number of aromatic nitrogens is 1. The van der Waals surface area contributed by atoms with E-state index in [-0.39, 0.29) is 5.91 Å². The first-order chi connectivity index (χ1) is 9.70. The number of nitrogens with zero attached hydrogens (tertiary/aromatic N) is 1. The van der Waals surface area contributed by atoms with E-state index in [4.69, 9.17) is 4.74 Å². The number of halogens is 1. The highest BCUT2D eigenvalue weighted by Gasteiger charge is 2.09. The zero-order chi connectivity index (χ0) is 14.4. The van der Waals surface area contributed by atoms with E-state index in [1.165, 1.54) is 0 Å². The van der Waals surface area contributed by atoms with Crippen molar-refractivity contribution in [1.82, 2.24) is 4.98 Å². The molecule has 2 rings (SSSR count). The number of amides is 1. The number of carbonyl (C=O) groups excluding carboxylic acids is 1. The van der Waals surface area contributed by atoms with E-state index in [0.29, 0.717) is 12.3 Å². The van der Waals surface area contributed by atoms with Gasteiger partial charge in [0.05, 0.1) is 6.61 Å². The van der Waals surface area contributed by atoms with E-state index in [2.05, 4.69) is 26.2 Å². The third-order valence-corrected chi connectivity index (χ3v) is 3.27. The molecule has 1 aromatic heterocycles.